The second-order valence-electron chi connectivity index (χ2n) is 6.43. The number of rotatable bonds is 4. The monoisotopic (exact) mass is 365 g/mol. The van der Waals surface area contributed by atoms with Gasteiger partial charge in [-0.15, -0.1) is 11.3 Å². The number of nitrogens with one attached hydrogen (secondary N) is 2. The molecule has 1 aliphatic carbocycles. The minimum Gasteiger partial charge on any atom is -0.354 e. The van der Waals surface area contributed by atoms with E-state index in [0.29, 0.717) is 24.2 Å². The topological polar surface area (TPSA) is 74.8 Å². The zero-order valence-electron chi connectivity index (χ0n) is 14.5. The number of hydrogen-bond donors (Lipinski definition) is 2. The number of ketones is 1. The normalized spacial score (nSPS) is 13.5. The van der Waals surface area contributed by atoms with Crippen LogP contribution in [0.25, 0.3) is 11.3 Å². The van der Waals surface area contributed by atoms with E-state index in [4.69, 9.17) is 0 Å². The fraction of sp³-hybridized carbons (Fsp3) is 0.250. The van der Waals surface area contributed by atoms with Crippen LogP contribution in [-0.4, -0.2) is 21.7 Å². The van der Waals surface area contributed by atoms with Crippen molar-refractivity contribution >= 4 is 23.0 Å². The SMILES string of the molecule is Cc1c(C(=O)NCc2nc(-c3ccccc3)cs2)[nH]c2c1C(=O)CCC2. The van der Waals surface area contributed by atoms with E-state index in [-0.39, 0.29) is 11.7 Å². The fourth-order valence-electron chi connectivity index (χ4n) is 3.38. The Balaban J connectivity index is 1.47. The third-order valence-electron chi connectivity index (χ3n) is 4.69. The number of H-pyrrole nitrogens is 1. The number of benzene rings is 1. The summed E-state index contributed by atoms with van der Waals surface area (Å²) in [6.07, 6.45) is 2.23. The first-order valence-electron chi connectivity index (χ1n) is 8.66. The van der Waals surface area contributed by atoms with Crippen molar-refractivity contribution in [2.75, 3.05) is 0 Å². The van der Waals surface area contributed by atoms with Crippen LogP contribution in [0.15, 0.2) is 35.7 Å². The summed E-state index contributed by atoms with van der Waals surface area (Å²) in [7, 11) is 0. The second kappa shape index (κ2) is 6.88. The van der Waals surface area contributed by atoms with Crippen LogP contribution in [0, 0.1) is 6.92 Å². The summed E-state index contributed by atoms with van der Waals surface area (Å²) >= 11 is 1.52. The Labute approximate surface area is 155 Å². The van der Waals surface area contributed by atoms with Gasteiger partial charge in [-0.2, -0.15) is 0 Å². The van der Waals surface area contributed by atoms with Crippen molar-refractivity contribution in [3.63, 3.8) is 0 Å². The van der Waals surface area contributed by atoms with E-state index in [1.54, 1.807) is 0 Å². The minimum atomic E-state index is -0.193. The van der Waals surface area contributed by atoms with Gasteiger partial charge in [0.25, 0.3) is 5.91 Å². The van der Waals surface area contributed by atoms with Crippen LogP contribution < -0.4 is 5.32 Å². The van der Waals surface area contributed by atoms with Gasteiger partial charge < -0.3 is 10.3 Å². The number of amides is 1. The van der Waals surface area contributed by atoms with Crippen molar-refractivity contribution in [3.8, 4) is 11.3 Å². The number of aryl methyl sites for hydroxylation is 1. The van der Waals surface area contributed by atoms with E-state index in [1.807, 2.05) is 42.6 Å². The van der Waals surface area contributed by atoms with Crippen molar-refractivity contribution in [1.29, 1.82) is 0 Å². The van der Waals surface area contributed by atoms with Gasteiger partial charge in [-0.3, -0.25) is 9.59 Å². The average Bonchev–Trinajstić information content (AvgIpc) is 3.26. The van der Waals surface area contributed by atoms with Gasteiger partial charge in [0.2, 0.25) is 0 Å². The van der Waals surface area contributed by atoms with E-state index >= 15 is 0 Å². The predicted octanol–water partition coefficient (Wildman–Crippen LogP) is 3.90. The summed E-state index contributed by atoms with van der Waals surface area (Å²) in [5.74, 6) is -0.0624. The summed E-state index contributed by atoms with van der Waals surface area (Å²) in [6.45, 7) is 2.21. The largest absolute Gasteiger partial charge is 0.354 e. The van der Waals surface area contributed by atoms with E-state index < -0.39 is 0 Å². The van der Waals surface area contributed by atoms with Crippen LogP contribution in [0.3, 0.4) is 0 Å². The lowest BCUT2D eigenvalue weighted by Gasteiger charge is -2.09. The van der Waals surface area contributed by atoms with Crippen LogP contribution in [-0.2, 0) is 13.0 Å². The van der Waals surface area contributed by atoms with Gasteiger partial charge in [0, 0.05) is 28.6 Å². The Kier molecular flexibility index (Phi) is 4.42. The molecule has 132 valence electrons. The first kappa shape index (κ1) is 16.7. The molecule has 0 atom stereocenters. The average molecular weight is 365 g/mol. The molecule has 0 spiro atoms. The molecule has 0 aliphatic heterocycles. The van der Waals surface area contributed by atoms with Crippen molar-refractivity contribution in [2.45, 2.75) is 32.7 Å². The van der Waals surface area contributed by atoms with E-state index in [1.165, 1.54) is 11.3 Å². The Morgan fingerprint density at radius 1 is 1.27 bits per heavy atom. The molecule has 6 heteroatoms. The Hall–Kier alpha value is -2.73. The summed E-state index contributed by atoms with van der Waals surface area (Å²) in [5, 5.41) is 5.75. The quantitative estimate of drug-likeness (QED) is 0.736. The fourth-order valence-corrected chi connectivity index (χ4v) is 4.12. The molecule has 0 saturated heterocycles. The second-order valence-corrected chi connectivity index (χ2v) is 7.37. The lowest BCUT2D eigenvalue weighted by Crippen LogP contribution is -2.24. The van der Waals surface area contributed by atoms with Gasteiger partial charge >= 0.3 is 0 Å². The number of aromatic nitrogens is 2. The number of thiazole rings is 1. The van der Waals surface area contributed by atoms with Gasteiger partial charge in [-0.25, -0.2) is 4.98 Å². The lowest BCUT2D eigenvalue weighted by atomic mass is 9.94. The maximum absolute atomic E-state index is 12.6. The van der Waals surface area contributed by atoms with Crippen LogP contribution in [0.4, 0.5) is 0 Å². The summed E-state index contributed by atoms with van der Waals surface area (Å²) in [5.41, 5.74) is 4.83. The van der Waals surface area contributed by atoms with Crippen molar-refractivity contribution in [1.82, 2.24) is 15.3 Å². The summed E-state index contributed by atoms with van der Waals surface area (Å²) in [6, 6.07) is 9.96. The van der Waals surface area contributed by atoms with Gasteiger partial charge in [-0.1, -0.05) is 30.3 Å². The molecule has 0 fully saturated rings. The smallest absolute Gasteiger partial charge is 0.268 e. The highest BCUT2D eigenvalue weighted by molar-refractivity contribution is 7.09. The third-order valence-corrected chi connectivity index (χ3v) is 5.53. The molecule has 5 nitrogen and oxygen atoms in total. The third kappa shape index (κ3) is 3.08. The maximum Gasteiger partial charge on any atom is 0.268 e. The Morgan fingerprint density at radius 2 is 2.08 bits per heavy atom. The first-order valence-corrected chi connectivity index (χ1v) is 9.54. The molecular formula is C20H19N3O2S. The highest BCUT2D eigenvalue weighted by Gasteiger charge is 2.26. The molecule has 2 N–H and O–H groups in total. The standard InChI is InChI=1S/C20H19N3O2S/c1-12-18-14(8-5-9-16(18)24)23-19(12)20(25)21-10-17-22-15(11-26-17)13-6-3-2-4-7-13/h2-4,6-7,11,23H,5,8-10H2,1H3,(H,21,25). The molecule has 2 heterocycles. The highest BCUT2D eigenvalue weighted by Crippen LogP contribution is 2.26. The van der Waals surface area contributed by atoms with Crippen LogP contribution in [0.1, 0.15) is 50.0 Å². The molecule has 1 aromatic carbocycles. The molecule has 0 unspecified atom stereocenters. The Bertz CT molecular complexity index is 972. The molecule has 4 rings (SSSR count). The van der Waals surface area contributed by atoms with Crippen LogP contribution in [0.5, 0.6) is 0 Å². The summed E-state index contributed by atoms with van der Waals surface area (Å²) in [4.78, 5) is 32.4. The minimum absolute atomic E-state index is 0.131. The predicted molar refractivity (Wildman–Crippen MR) is 102 cm³/mol. The molecular weight excluding hydrogens is 346 g/mol. The van der Waals surface area contributed by atoms with Crippen molar-refractivity contribution in [3.05, 3.63) is 63.2 Å². The van der Waals surface area contributed by atoms with E-state index in [0.717, 1.165) is 40.4 Å². The van der Waals surface area contributed by atoms with Crippen LogP contribution in [0.2, 0.25) is 0 Å². The zero-order chi connectivity index (χ0) is 18.1. The first-order chi connectivity index (χ1) is 12.6. The molecule has 1 aliphatic rings. The summed E-state index contributed by atoms with van der Waals surface area (Å²) < 4.78 is 0. The highest BCUT2D eigenvalue weighted by atomic mass is 32.1. The molecule has 0 bridgehead atoms. The molecule has 0 radical (unpaired) electrons. The van der Waals surface area contributed by atoms with Crippen LogP contribution >= 0.6 is 11.3 Å². The molecule has 1 amide bonds. The number of carbonyl (C=O) groups is 2. The maximum atomic E-state index is 12.6. The number of hydrogen-bond acceptors (Lipinski definition) is 4. The molecule has 2 aromatic heterocycles. The molecule has 3 aromatic rings. The lowest BCUT2D eigenvalue weighted by molar-refractivity contribution is 0.0945. The number of fused-ring (bicyclic) bond motifs is 1. The Morgan fingerprint density at radius 3 is 2.85 bits per heavy atom. The van der Waals surface area contributed by atoms with E-state index in [9.17, 15) is 9.59 Å². The number of carbonyl (C=O) groups excluding carboxylic acids is 2. The number of aromatic amines is 1. The number of Topliss-reactive ketones (excluding diaryl/α,β-unsaturated/α-hetero) is 1. The van der Waals surface area contributed by atoms with E-state index in [2.05, 4.69) is 15.3 Å². The zero-order valence-corrected chi connectivity index (χ0v) is 15.3. The van der Waals surface area contributed by atoms with Gasteiger partial charge in [0.05, 0.1) is 12.2 Å². The molecule has 26 heavy (non-hydrogen) atoms. The van der Waals surface area contributed by atoms with Crippen molar-refractivity contribution in [2.24, 2.45) is 0 Å². The molecule has 0 saturated carbocycles. The van der Waals surface area contributed by atoms with Gasteiger partial charge in [0.15, 0.2) is 5.78 Å². The van der Waals surface area contributed by atoms with Gasteiger partial charge in [0.1, 0.15) is 10.7 Å². The van der Waals surface area contributed by atoms with Gasteiger partial charge in [-0.05, 0) is 25.3 Å². The number of nitrogens with zero attached hydrogens (tertiary/aromatic N) is 1. The van der Waals surface area contributed by atoms with Crippen molar-refractivity contribution < 1.29 is 9.59 Å².